The first-order chi connectivity index (χ1) is 9.81. The second-order valence-corrected chi connectivity index (χ2v) is 4.51. The average molecular weight is 299 g/mol. The van der Waals surface area contributed by atoms with Crippen molar-refractivity contribution in [2.75, 3.05) is 5.32 Å². The van der Waals surface area contributed by atoms with Crippen molar-refractivity contribution in [2.24, 2.45) is 14.1 Å². The number of nitrogens with zero attached hydrogens (tertiary/aromatic N) is 2. The summed E-state index contributed by atoms with van der Waals surface area (Å²) in [5.41, 5.74) is -1.32. The Kier molecular flexibility index (Phi) is 3.88. The molecule has 0 amide bonds. The maximum atomic E-state index is 13.5. The fourth-order valence-corrected chi connectivity index (χ4v) is 1.88. The van der Waals surface area contributed by atoms with E-state index < -0.39 is 34.4 Å². The summed E-state index contributed by atoms with van der Waals surface area (Å²) in [4.78, 5) is 23.4. The van der Waals surface area contributed by atoms with Crippen LogP contribution in [0.4, 0.5) is 18.9 Å². The number of aryl methyl sites for hydroxylation is 1. The summed E-state index contributed by atoms with van der Waals surface area (Å²) in [6.45, 7) is -0.180. The van der Waals surface area contributed by atoms with Crippen molar-refractivity contribution in [2.45, 2.75) is 6.54 Å². The molecule has 0 saturated heterocycles. The molecule has 1 N–H and O–H groups in total. The van der Waals surface area contributed by atoms with Gasteiger partial charge in [0.2, 0.25) is 0 Å². The number of anilines is 1. The molecular weight excluding hydrogens is 287 g/mol. The molecule has 0 aliphatic heterocycles. The lowest BCUT2D eigenvalue weighted by Crippen LogP contribution is -2.38. The Morgan fingerprint density at radius 3 is 2.48 bits per heavy atom. The third-order valence-electron chi connectivity index (χ3n) is 2.98. The van der Waals surface area contributed by atoms with Gasteiger partial charge in [0.1, 0.15) is 5.82 Å². The van der Waals surface area contributed by atoms with Crippen LogP contribution in [0.5, 0.6) is 0 Å². The zero-order chi connectivity index (χ0) is 15.7. The summed E-state index contributed by atoms with van der Waals surface area (Å²) in [6, 6.07) is 1.20. The standard InChI is InChI=1S/C13H12F3N3O2/c1-18-6-7(12(20)19(2)13(18)21)5-17-10-4-8(14)3-9(15)11(10)16/h3-4,6,17H,5H2,1-2H3. The maximum Gasteiger partial charge on any atom is 0.330 e. The Balaban J connectivity index is 2.34. The Bertz CT molecular complexity index is 812. The molecule has 0 spiro atoms. The summed E-state index contributed by atoms with van der Waals surface area (Å²) in [6.07, 6.45) is 1.28. The van der Waals surface area contributed by atoms with E-state index in [9.17, 15) is 22.8 Å². The van der Waals surface area contributed by atoms with E-state index in [0.717, 1.165) is 10.6 Å². The fourth-order valence-electron chi connectivity index (χ4n) is 1.88. The van der Waals surface area contributed by atoms with Gasteiger partial charge < -0.3 is 9.88 Å². The average Bonchev–Trinajstić information content (AvgIpc) is 2.43. The number of nitrogens with one attached hydrogen (secondary N) is 1. The summed E-state index contributed by atoms with van der Waals surface area (Å²) in [7, 11) is 2.75. The lowest BCUT2D eigenvalue weighted by molar-refractivity contribution is 0.497. The molecule has 0 saturated carbocycles. The van der Waals surface area contributed by atoms with E-state index >= 15 is 0 Å². The van der Waals surface area contributed by atoms with Crippen molar-refractivity contribution >= 4 is 5.69 Å². The largest absolute Gasteiger partial charge is 0.378 e. The second-order valence-electron chi connectivity index (χ2n) is 4.51. The Labute approximate surface area is 117 Å². The Morgan fingerprint density at radius 1 is 1.14 bits per heavy atom. The van der Waals surface area contributed by atoms with Gasteiger partial charge in [-0.15, -0.1) is 0 Å². The van der Waals surface area contributed by atoms with Crippen LogP contribution in [-0.4, -0.2) is 9.13 Å². The molecule has 0 radical (unpaired) electrons. The minimum Gasteiger partial charge on any atom is -0.378 e. The SMILES string of the molecule is Cn1cc(CNc2cc(F)cc(F)c2F)c(=O)n(C)c1=O. The molecule has 21 heavy (non-hydrogen) atoms. The van der Waals surface area contributed by atoms with Gasteiger partial charge in [-0.05, 0) is 0 Å². The zero-order valence-electron chi connectivity index (χ0n) is 11.3. The minimum atomic E-state index is -1.33. The smallest absolute Gasteiger partial charge is 0.330 e. The highest BCUT2D eigenvalue weighted by Crippen LogP contribution is 2.19. The molecule has 0 bridgehead atoms. The summed E-state index contributed by atoms with van der Waals surface area (Å²) in [5.74, 6) is -3.51. The van der Waals surface area contributed by atoms with Gasteiger partial charge in [0.05, 0.1) is 11.3 Å². The zero-order valence-corrected chi connectivity index (χ0v) is 11.3. The topological polar surface area (TPSA) is 56.0 Å². The Hall–Kier alpha value is -2.51. The summed E-state index contributed by atoms with van der Waals surface area (Å²) < 4.78 is 41.6. The number of benzene rings is 1. The van der Waals surface area contributed by atoms with Gasteiger partial charge in [0, 0.05) is 39.0 Å². The molecule has 1 aromatic carbocycles. The van der Waals surface area contributed by atoms with Gasteiger partial charge in [0.25, 0.3) is 5.56 Å². The van der Waals surface area contributed by atoms with Gasteiger partial charge in [-0.25, -0.2) is 18.0 Å². The summed E-state index contributed by atoms with van der Waals surface area (Å²) in [5, 5.41) is 2.44. The van der Waals surface area contributed by atoms with E-state index in [1.54, 1.807) is 0 Å². The highest BCUT2D eigenvalue weighted by atomic mass is 19.2. The highest BCUT2D eigenvalue weighted by molar-refractivity contribution is 5.45. The van der Waals surface area contributed by atoms with Gasteiger partial charge in [0.15, 0.2) is 11.6 Å². The van der Waals surface area contributed by atoms with Gasteiger partial charge in [-0.1, -0.05) is 0 Å². The molecule has 0 aliphatic carbocycles. The van der Waals surface area contributed by atoms with E-state index in [2.05, 4.69) is 5.32 Å². The number of hydrogen-bond acceptors (Lipinski definition) is 3. The van der Waals surface area contributed by atoms with Crippen molar-refractivity contribution in [1.29, 1.82) is 0 Å². The predicted octanol–water partition coefficient (Wildman–Crippen LogP) is 1.11. The second kappa shape index (κ2) is 5.47. The summed E-state index contributed by atoms with van der Waals surface area (Å²) >= 11 is 0. The first kappa shape index (κ1) is 14.9. The van der Waals surface area contributed by atoms with Gasteiger partial charge in [-0.2, -0.15) is 0 Å². The van der Waals surface area contributed by atoms with E-state index in [0.29, 0.717) is 6.07 Å². The Morgan fingerprint density at radius 2 is 1.81 bits per heavy atom. The van der Waals surface area contributed by atoms with Crippen LogP contribution in [-0.2, 0) is 20.6 Å². The van der Waals surface area contributed by atoms with E-state index in [1.807, 2.05) is 0 Å². The molecule has 112 valence electrons. The molecule has 1 aromatic heterocycles. The quantitative estimate of drug-likeness (QED) is 0.864. The minimum absolute atomic E-state index is 0.156. The lowest BCUT2D eigenvalue weighted by Gasteiger charge is -2.10. The van der Waals surface area contributed by atoms with Crippen LogP contribution in [0, 0.1) is 17.5 Å². The molecule has 0 atom stereocenters. The molecule has 2 aromatic rings. The van der Waals surface area contributed by atoms with Crippen LogP contribution in [0.15, 0.2) is 27.9 Å². The first-order valence-electron chi connectivity index (χ1n) is 5.95. The van der Waals surface area contributed by atoms with Crippen molar-refractivity contribution in [3.63, 3.8) is 0 Å². The number of aromatic nitrogens is 2. The fraction of sp³-hybridized carbons (Fsp3) is 0.231. The number of halogens is 3. The molecular formula is C13H12F3N3O2. The number of hydrogen-bond donors (Lipinski definition) is 1. The number of rotatable bonds is 3. The molecule has 2 rings (SSSR count). The molecule has 5 nitrogen and oxygen atoms in total. The van der Waals surface area contributed by atoms with Crippen molar-refractivity contribution < 1.29 is 13.2 Å². The van der Waals surface area contributed by atoms with Crippen LogP contribution in [0.25, 0.3) is 0 Å². The van der Waals surface area contributed by atoms with Gasteiger partial charge >= 0.3 is 5.69 Å². The third-order valence-corrected chi connectivity index (χ3v) is 2.98. The van der Waals surface area contributed by atoms with Gasteiger partial charge in [-0.3, -0.25) is 9.36 Å². The molecule has 0 aliphatic rings. The van der Waals surface area contributed by atoms with E-state index in [-0.39, 0.29) is 12.1 Å². The lowest BCUT2D eigenvalue weighted by atomic mass is 10.2. The van der Waals surface area contributed by atoms with Crippen LogP contribution >= 0.6 is 0 Å². The van der Waals surface area contributed by atoms with Crippen LogP contribution in [0.2, 0.25) is 0 Å². The first-order valence-corrected chi connectivity index (χ1v) is 5.95. The van der Waals surface area contributed by atoms with Crippen molar-refractivity contribution in [3.8, 4) is 0 Å². The third kappa shape index (κ3) is 2.83. The van der Waals surface area contributed by atoms with E-state index in [4.69, 9.17) is 0 Å². The monoisotopic (exact) mass is 299 g/mol. The van der Waals surface area contributed by atoms with Crippen molar-refractivity contribution in [3.05, 3.63) is 62.2 Å². The molecule has 8 heteroatoms. The molecule has 0 unspecified atom stereocenters. The molecule has 0 fully saturated rings. The van der Waals surface area contributed by atoms with Crippen molar-refractivity contribution in [1.82, 2.24) is 9.13 Å². The normalized spacial score (nSPS) is 10.7. The van der Waals surface area contributed by atoms with Crippen LogP contribution in [0.1, 0.15) is 5.56 Å². The maximum absolute atomic E-state index is 13.5. The van der Waals surface area contributed by atoms with Crippen LogP contribution in [0.3, 0.4) is 0 Å². The van der Waals surface area contributed by atoms with Crippen LogP contribution < -0.4 is 16.6 Å². The molecule has 1 heterocycles. The predicted molar refractivity (Wildman–Crippen MR) is 70.6 cm³/mol. The highest BCUT2D eigenvalue weighted by Gasteiger charge is 2.12. The van der Waals surface area contributed by atoms with E-state index in [1.165, 1.54) is 24.9 Å².